The molecule has 2 N–H and O–H groups in total. The third-order valence-corrected chi connectivity index (χ3v) is 4.05. The van der Waals surface area contributed by atoms with Crippen LogP contribution in [0.4, 0.5) is 11.4 Å². The zero-order valence-corrected chi connectivity index (χ0v) is 13.2. The fourth-order valence-electron chi connectivity index (χ4n) is 2.54. The maximum Gasteiger partial charge on any atom is 0.335 e. The molecule has 0 saturated carbocycles. The van der Waals surface area contributed by atoms with Gasteiger partial charge < -0.3 is 10.4 Å². The molecule has 0 spiro atoms. The van der Waals surface area contributed by atoms with Crippen LogP contribution < -0.4 is 10.2 Å². The molecule has 6 nitrogen and oxygen atoms in total. The zero-order valence-electron chi connectivity index (χ0n) is 12.4. The maximum absolute atomic E-state index is 12.5. The van der Waals surface area contributed by atoms with Crippen LogP contribution in [0, 0.1) is 0 Å². The second kappa shape index (κ2) is 6.33. The fourth-order valence-corrected chi connectivity index (χ4v) is 2.73. The lowest BCUT2D eigenvalue weighted by Crippen LogP contribution is -2.34. The van der Waals surface area contributed by atoms with Crippen molar-refractivity contribution in [2.45, 2.75) is 12.5 Å². The quantitative estimate of drug-likeness (QED) is 0.833. The van der Waals surface area contributed by atoms with Crippen LogP contribution in [0.1, 0.15) is 16.8 Å². The van der Waals surface area contributed by atoms with E-state index in [4.69, 9.17) is 16.7 Å². The molecule has 2 aromatic carbocycles. The van der Waals surface area contributed by atoms with Crippen LogP contribution in [-0.4, -0.2) is 28.9 Å². The van der Waals surface area contributed by atoms with Crippen molar-refractivity contribution in [1.82, 2.24) is 0 Å². The van der Waals surface area contributed by atoms with Gasteiger partial charge >= 0.3 is 5.97 Å². The van der Waals surface area contributed by atoms with E-state index in [1.165, 1.54) is 24.3 Å². The van der Waals surface area contributed by atoms with Crippen LogP contribution in [0.15, 0.2) is 48.5 Å². The molecule has 1 aliphatic rings. The minimum atomic E-state index is -1.07. The Hall–Kier alpha value is -2.86. The van der Waals surface area contributed by atoms with Gasteiger partial charge in [0.1, 0.15) is 6.04 Å². The molecule has 1 fully saturated rings. The number of carboxylic acid groups (broad SMARTS) is 1. The Bertz CT molecular complexity index is 820. The van der Waals surface area contributed by atoms with Crippen molar-refractivity contribution in [3.8, 4) is 0 Å². The number of benzene rings is 2. The Morgan fingerprint density at radius 1 is 1.12 bits per heavy atom. The summed E-state index contributed by atoms with van der Waals surface area (Å²) in [6, 6.07) is 11.8. The number of aromatic carboxylic acids is 1. The first kappa shape index (κ1) is 16.0. The number of rotatable bonds is 4. The van der Waals surface area contributed by atoms with Crippen molar-refractivity contribution in [3.05, 3.63) is 59.1 Å². The third kappa shape index (κ3) is 2.96. The lowest BCUT2D eigenvalue weighted by atomic mass is 10.2. The molecule has 1 atom stereocenters. The van der Waals surface area contributed by atoms with Gasteiger partial charge in [0.2, 0.25) is 5.91 Å². The maximum atomic E-state index is 12.5. The van der Waals surface area contributed by atoms with Crippen molar-refractivity contribution in [2.75, 3.05) is 10.2 Å². The number of carbonyl (C=O) groups is 3. The first-order valence-electron chi connectivity index (χ1n) is 7.18. The van der Waals surface area contributed by atoms with Crippen LogP contribution in [0.25, 0.3) is 0 Å². The highest BCUT2D eigenvalue weighted by atomic mass is 35.5. The summed E-state index contributed by atoms with van der Waals surface area (Å²) in [4.78, 5) is 36.7. The van der Waals surface area contributed by atoms with Crippen LogP contribution in [0.5, 0.6) is 0 Å². The van der Waals surface area contributed by atoms with Crippen molar-refractivity contribution >= 4 is 40.8 Å². The van der Waals surface area contributed by atoms with E-state index in [1.807, 2.05) is 0 Å². The van der Waals surface area contributed by atoms with Gasteiger partial charge in [-0.15, -0.1) is 0 Å². The second-order valence-electron chi connectivity index (χ2n) is 5.30. The first-order valence-corrected chi connectivity index (χ1v) is 7.56. The standard InChI is InChI=1S/C17H13ClN2O4/c18-12-3-1-2-4-13(12)19-14-9-15(21)20(16(14)22)11-7-5-10(6-8-11)17(23)24/h1-8,14,19H,9H2,(H,23,24)/t14-/m0/s1. The molecule has 1 aliphatic heterocycles. The minimum absolute atomic E-state index is 0.00470. The van der Waals surface area contributed by atoms with Crippen molar-refractivity contribution < 1.29 is 19.5 Å². The number of imide groups is 1. The van der Waals surface area contributed by atoms with Crippen LogP contribution in [0.2, 0.25) is 5.02 Å². The molecule has 0 unspecified atom stereocenters. The highest BCUT2D eigenvalue weighted by molar-refractivity contribution is 6.33. The smallest absolute Gasteiger partial charge is 0.335 e. The van der Waals surface area contributed by atoms with E-state index in [0.717, 1.165) is 4.90 Å². The van der Waals surface area contributed by atoms with E-state index in [9.17, 15) is 14.4 Å². The number of para-hydroxylation sites is 1. The Morgan fingerprint density at radius 2 is 1.79 bits per heavy atom. The highest BCUT2D eigenvalue weighted by Crippen LogP contribution is 2.27. The van der Waals surface area contributed by atoms with Gasteiger partial charge in [0.05, 0.1) is 28.4 Å². The largest absolute Gasteiger partial charge is 0.478 e. The molecule has 1 heterocycles. The van der Waals surface area contributed by atoms with Crippen LogP contribution in [0.3, 0.4) is 0 Å². The van der Waals surface area contributed by atoms with Crippen molar-refractivity contribution in [2.24, 2.45) is 0 Å². The van der Waals surface area contributed by atoms with Crippen LogP contribution >= 0.6 is 11.6 Å². The van der Waals surface area contributed by atoms with Gasteiger partial charge in [-0.2, -0.15) is 0 Å². The monoisotopic (exact) mass is 344 g/mol. The Balaban J connectivity index is 1.81. The molecule has 7 heteroatoms. The van der Waals surface area contributed by atoms with Gasteiger partial charge in [-0.25, -0.2) is 9.69 Å². The molecule has 0 bridgehead atoms. The Labute approximate surface area is 142 Å². The number of halogens is 1. The lowest BCUT2D eigenvalue weighted by molar-refractivity contribution is -0.121. The van der Waals surface area contributed by atoms with E-state index in [-0.39, 0.29) is 17.9 Å². The van der Waals surface area contributed by atoms with Crippen LogP contribution in [-0.2, 0) is 9.59 Å². The summed E-state index contributed by atoms with van der Waals surface area (Å²) in [5, 5.41) is 12.3. The summed E-state index contributed by atoms with van der Waals surface area (Å²) in [6.45, 7) is 0. The summed E-state index contributed by atoms with van der Waals surface area (Å²) in [5.41, 5.74) is 1.01. The van der Waals surface area contributed by atoms with Gasteiger partial charge in [-0.3, -0.25) is 9.59 Å². The fraction of sp³-hybridized carbons (Fsp3) is 0.118. The topological polar surface area (TPSA) is 86.7 Å². The predicted molar refractivity (Wildman–Crippen MR) is 89.4 cm³/mol. The summed E-state index contributed by atoms with van der Waals surface area (Å²) in [7, 11) is 0. The van der Waals surface area contributed by atoms with E-state index in [2.05, 4.69) is 5.32 Å². The Morgan fingerprint density at radius 3 is 2.42 bits per heavy atom. The third-order valence-electron chi connectivity index (χ3n) is 3.72. The number of hydrogen-bond acceptors (Lipinski definition) is 4. The first-order chi connectivity index (χ1) is 11.5. The van der Waals surface area contributed by atoms with Crippen molar-refractivity contribution in [3.63, 3.8) is 0 Å². The second-order valence-corrected chi connectivity index (χ2v) is 5.71. The number of carboxylic acids is 1. The average Bonchev–Trinajstić information content (AvgIpc) is 2.84. The minimum Gasteiger partial charge on any atom is -0.478 e. The van der Waals surface area contributed by atoms with E-state index < -0.39 is 17.9 Å². The number of nitrogens with one attached hydrogen (secondary N) is 1. The van der Waals surface area contributed by atoms with E-state index in [0.29, 0.717) is 16.4 Å². The lowest BCUT2D eigenvalue weighted by Gasteiger charge is -2.16. The normalized spacial score (nSPS) is 17.2. The van der Waals surface area contributed by atoms with Gasteiger partial charge in [-0.05, 0) is 36.4 Å². The SMILES string of the molecule is O=C(O)c1ccc(N2C(=O)C[C@H](Nc3ccccc3Cl)C2=O)cc1. The predicted octanol–water partition coefficient (Wildman–Crippen LogP) is 2.78. The average molecular weight is 345 g/mol. The molecule has 0 aliphatic carbocycles. The Kier molecular flexibility index (Phi) is 4.22. The summed E-state index contributed by atoms with van der Waals surface area (Å²) in [6.07, 6.45) is 0.00470. The summed E-state index contributed by atoms with van der Waals surface area (Å²) in [5.74, 6) is -1.82. The van der Waals surface area contributed by atoms with Gasteiger partial charge in [0.15, 0.2) is 0 Å². The zero-order chi connectivity index (χ0) is 17.3. The van der Waals surface area contributed by atoms with Crippen molar-refractivity contribution in [1.29, 1.82) is 0 Å². The number of amides is 2. The van der Waals surface area contributed by atoms with Gasteiger partial charge in [-0.1, -0.05) is 23.7 Å². The molecule has 122 valence electrons. The molecule has 3 rings (SSSR count). The number of nitrogens with zero attached hydrogens (tertiary/aromatic N) is 1. The van der Waals surface area contributed by atoms with E-state index in [1.54, 1.807) is 24.3 Å². The molecular formula is C17H13ClN2O4. The van der Waals surface area contributed by atoms with Gasteiger partial charge in [0, 0.05) is 0 Å². The molecule has 24 heavy (non-hydrogen) atoms. The molecule has 1 saturated heterocycles. The molecular weight excluding hydrogens is 332 g/mol. The summed E-state index contributed by atoms with van der Waals surface area (Å²) >= 11 is 6.06. The molecule has 2 aromatic rings. The van der Waals surface area contributed by atoms with E-state index >= 15 is 0 Å². The highest BCUT2D eigenvalue weighted by Gasteiger charge is 2.39. The molecule has 0 aromatic heterocycles. The molecule has 2 amide bonds. The summed E-state index contributed by atoms with van der Waals surface area (Å²) < 4.78 is 0. The number of hydrogen-bond donors (Lipinski definition) is 2. The van der Waals surface area contributed by atoms with Gasteiger partial charge in [0.25, 0.3) is 5.91 Å². The number of anilines is 2. The molecule has 0 radical (unpaired) electrons. The number of carbonyl (C=O) groups excluding carboxylic acids is 2.